The minimum absolute atomic E-state index is 0.350. The normalized spacial score (nSPS) is 16.2. The Hall–Kier alpha value is -2.06. The van der Waals surface area contributed by atoms with Crippen molar-refractivity contribution in [2.24, 2.45) is 0 Å². The average molecular weight is 307 g/mol. The Balaban J connectivity index is 1.53. The molecule has 0 unspecified atom stereocenters. The van der Waals surface area contributed by atoms with E-state index in [2.05, 4.69) is 24.9 Å². The van der Waals surface area contributed by atoms with Crippen LogP contribution in [0, 0.1) is 5.95 Å². The Kier molecular flexibility index (Phi) is 4.59. The lowest BCUT2D eigenvalue weighted by Gasteiger charge is -2.34. The van der Waals surface area contributed by atoms with E-state index in [1.54, 1.807) is 13.2 Å². The molecule has 1 fully saturated rings. The number of rotatable bonds is 5. The highest BCUT2D eigenvalue weighted by Crippen LogP contribution is 2.15. The fourth-order valence-corrected chi connectivity index (χ4v) is 2.44. The molecule has 0 saturated carbocycles. The molecule has 0 radical (unpaired) electrons. The highest BCUT2D eigenvalue weighted by molar-refractivity contribution is 5.38. The number of halogens is 1. The fourth-order valence-electron chi connectivity index (χ4n) is 2.44. The Labute approximate surface area is 127 Å². The molecule has 0 aromatic carbocycles. The van der Waals surface area contributed by atoms with Crippen molar-refractivity contribution in [2.45, 2.75) is 13.2 Å². The second-order valence-electron chi connectivity index (χ2n) is 5.12. The van der Waals surface area contributed by atoms with Gasteiger partial charge in [0.15, 0.2) is 5.82 Å². The standard InChI is InChI=1S/C14H18FN5O2/c1-21-10-12-17-14(22-18-12)9-19-5-7-20(8-6-19)13-4-2-3-11(15)16-13/h2-4H,5-10H2,1H3. The quantitative estimate of drug-likeness (QED) is 0.765. The number of piperazine rings is 1. The van der Waals surface area contributed by atoms with Crippen LogP contribution in [-0.2, 0) is 17.9 Å². The smallest absolute Gasteiger partial charge is 0.240 e. The molecule has 3 heterocycles. The monoisotopic (exact) mass is 307 g/mol. The van der Waals surface area contributed by atoms with Crippen molar-refractivity contribution in [2.75, 3.05) is 38.2 Å². The number of nitrogens with zero attached hydrogens (tertiary/aromatic N) is 5. The number of methoxy groups -OCH3 is 1. The van der Waals surface area contributed by atoms with E-state index in [1.807, 2.05) is 6.07 Å². The highest BCUT2D eigenvalue weighted by Gasteiger charge is 2.20. The van der Waals surface area contributed by atoms with Gasteiger partial charge in [-0.2, -0.15) is 9.37 Å². The van der Waals surface area contributed by atoms with Crippen LogP contribution >= 0.6 is 0 Å². The summed E-state index contributed by atoms with van der Waals surface area (Å²) in [5.41, 5.74) is 0. The molecular formula is C14H18FN5O2. The molecule has 2 aromatic heterocycles. The lowest BCUT2D eigenvalue weighted by atomic mass is 10.3. The third kappa shape index (κ3) is 3.58. The molecule has 1 aliphatic heterocycles. The van der Waals surface area contributed by atoms with Gasteiger partial charge in [-0.1, -0.05) is 11.2 Å². The Bertz CT molecular complexity index is 613. The summed E-state index contributed by atoms with van der Waals surface area (Å²) in [4.78, 5) is 12.5. The minimum atomic E-state index is -0.448. The van der Waals surface area contributed by atoms with E-state index in [9.17, 15) is 4.39 Å². The van der Waals surface area contributed by atoms with Crippen LogP contribution in [0.3, 0.4) is 0 Å². The summed E-state index contributed by atoms with van der Waals surface area (Å²) >= 11 is 0. The SMILES string of the molecule is COCc1noc(CN2CCN(c3cccc(F)n3)CC2)n1. The van der Waals surface area contributed by atoms with Crippen molar-refractivity contribution >= 4 is 5.82 Å². The molecule has 1 aliphatic rings. The van der Waals surface area contributed by atoms with Gasteiger partial charge in [-0.15, -0.1) is 0 Å². The molecule has 1 saturated heterocycles. The van der Waals surface area contributed by atoms with Crippen molar-refractivity contribution in [3.05, 3.63) is 35.9 Å². The lowest BCUT2D eigenvalue weighted by molar-refractivity contribution is 0.174. The second-order valence-corrected chi connectivity index (χ2v) is 5.12. The molecule has 0 amide bonds. The van der Waals surface area contributed by atoms with E-state index in [-0.39, 0.29) is 0 Å². The van der Waals surface area contributed by atoms with E-state index in [0.717, 1.165) is 26.2 Å². The number of pyridine rings is 1. The van der Waals surface area contributed by atoms with Gasteiger partial charge < -0.3 is 14.2 Å². The van der Waals surface area contributed by atoms with Crippen LogP contribution in [0.5, 0.6) is 0 Å². The van der Waals surface area contributed by atoms with Crippen LogP contribution in [0.25, 0.3) is 0 Å². The molecule has 7 nitrogen and oxygen atoms in total. The first-order valence-electron chi connectivity index (χ1n) is 7.15. The van der Waals surface area contributed by atoms with Gasteiger partial charge in [-0.3, -0.25) is 4.90 Å². The largest absolute Gasteiger partial charge is 0.377 e. The molecule has 3 rings (SSSR count). The summed E-state index contributed by atoms with van der Waals surface area (Å²) in [7, 11) is 1.59. The van der Waals surface area contributed by atoms with Crippen LogP contribution in [-0.4, -0.2) is 53.3 Å². The number of aromatic nitrogens is 3. The van der Waals surface area contributed by atoms with Gasteiger partial charge in [0.05, 0.1) is 6.54 Å². The van der Waals surface area contributed by atoms with Gasteiger partial charge in [0.2, 0.25) is 11.8 Å². The van der Waals surface area contributed by atoms with Crippen LogP contribution < -0.4 is 4.90 Å². The van der Waals surface area contributed by atoms with Gasteiger partial charge in [0.1, 0.15) is 12.4 Å². The summed E-state index contributed by atoms with van der Waals surface area (Å²) in [6, 6.07) is 4.86. The first-order valence-corrected chi connectivity index (χ1v) is 7.15. The summed E-state index contributed by atoms with van der Waals surface area (Å²) in [5.74, 6) is 1.38. The van der Waals surface area contributed by atoms with Crippen molar-refractivity contribution in [1.82, 2.24) is 20.0 Å². The molecule has 0 aliphatic carbocycles. The van der Waals surface area contributed by atoms with E-state index < -0.39 is 5.95 Å². The van der Waals surface area contributed by atoms with Gasteiger partial charge in [0.25, 0.3) is 0 Å². The number of anilines is 1. The number of hydrogen-bond acceptors (Lipinski definition) is 7. The predicted molar refractivity (Wildman–Crippen MR) is 76.7 cm³/mol. The van der Waals surface area contributed by atoms with E-state index in [4.69, 9.17) is 9.26 Å². The topological polar surface area (TPSA) is 67.5 Å². The molecule has 0 atom stereocenters. The Morgan fingerprint density at radius 1 is 1.23 bits per heavy atom. The lowest BCUT2D eigenvalue weighted by Crippen LogP contribution is -2.46. The molecule has 22 heavy (non-hydrogen) atoms. The first kappa shape index (κ1) is 14.9. The average Bonchev–Trinajstić information content (AvgIpc) is 2.96. The zero-order chi connectivity index (χ0) is 15.4. The summed E-state index contributed by atoms with van der Waals surface area (Å²) in [6.07, 6.45) is 0. The molecule has 118 valence electrons. The van der Waals surface area contributed by atoms with Gasteiger partial charge >= 0.3 is 0 Å². The molecule has 0 spiro atoms. The second kappa shape index (κ2) is 6.80. The van der Waals surface area contributed by atoms with Gasteiger partial charge in [-0.25, -0.2) is 4.98 Å². The van der Waals surface area contributed by atoms with E-state index >= 15 is 0 Å². The minimum Gasteiger partial charge on any atom is -0.377 e. The molecule has 2 aromatic rings. The number of hydrogen-bond donors (Lipinski definition) is 0. The summed E-state index contributed by atoms with van der Waals surface area (Å²) < 4.78 is 23.3. The van der Waals surface area contributed by atoms with Gasteiger partial charge in [-0.05, 0) is 12.1 Å². The predicted octanol–water partition coefficient (Wildman–Crippen LogP) is 1.07. The number of ether oxygens (including phenoxy) is 1. The first-order chi connectivity index (χ1) is 10.7. The van der Waals surface area contributed by atoms with Crippen LogP contribution in [0.1, 0.15) is 11.7 Å². The zero-order valence-corrected chi connectivity index (χ0v) is 12.4. The summed E-state index contributed by atoms with van der Waals surface area (Å²) in [5, 5.41) is 3.84. The Morgan fingerprint density at radius 3 is 2.77 bits per heavy atom. The molecule has 8 heteroatoms. The van der Waals surface area contributed by atoms with Crippen molar-refractivity contribution < 1.29 is 13.7 Å². The molecule has 0 bridgehead atoms. The Morgan fingerprint density at radius 2 is 2.05 bits per heavy atom. The summed E-state index contributed by atoms with van der Waals surface area (Å²) in [6.45, 7) is 4.20. The van der Waals surface area contributed by atoms with Crippen LogP contribution in [0.4, 0.5) is 10.2 Å². The third-order valence-electron chi connectivity index (χ3n) is 3.54. The van der Waals surface area contributed by atoms with E-state index in [1.165, 1.54) is 6.07 Å². The molecular weight excluding hydrogens is 289 g/mol. The van der Waals surface area contributed by atoms with E-state index in [0.29, 0.717) is 30.7 Å². The van der Waals surface area contributed by atoms with Crippen molar-refractivity contribution in [1.29, 1.82) is 0 Å². The third-order valence-corrected chi connectivity index (χ3v) is 3.54. The maximum atomic E-state index is 13.2. The zero-order valence-electron chi connectivity index (χ0n) is 12.4. The van der Waals surface area contributed by atoms with Crippen LogP contribution in [0.2, 0.25) is 0 Å². The highest BCUT2D eigenvalue weighted by atomic mass is 19.1. The fraction of sp³-hybridized carbons (Fsp3) is 0.500. The maximum Gasteiger partial charge on any atom is 0.240 e. The van der Waals surface area contributed by atoms with Crippen LogP contribution in [0.15, 0.2) is 22.7 Å². The molecule has 0 N–H and O–H groups in total. The van der Waals surface area contributed by atoms with Gasteiger partial charge in [0, 0.05) is 33.3 Å². The van der Waals surface area contributed by atoms with Crippen molar-refractivity contribution in [3.63, 3.8) is 0 Å². The van der Waals surface area contributed by atoms with Crippen molar-refractivity contribution in [3.8, 4) is 0 Å². The maximum absolute atomic E-state index is 13.2.